The molecular formula is C24H32O7. The molecule has 3 unspecified atom stereocenters. The highest BCUT2D eigenvalue weighted by atomic mass is 16.6. The Kier molecular flexibility index (Phi) is 10.2. The molecule has 0 bridgehead atoms. The van der Waals surface area contributed by atoms with E-state index in [-0.39, 0.29) is 38.1 Å². The highest BCUT2D eigenvalue weighted by Gasteiger charge is 2.46. The van der Waals surface area contributed by atoms with E-state index in [9.17, 15) is 19.2 Å². The van der Waals surface area contributed by atoms with Crippen molar-refractivity contribution < 1.29 is 33.4 Å². The van der Waals surface area contributed by atoms with Crippen molar-refractivity contribution in [3.05, 3.63) is 35.9 Å². The van der Waals surface area contributed by atoms with Crippen molar-refractivity contribution in [1.82, 2.24) is 0 Å². The number of hydrogen-bond donors (Lipinski definition) is 0. The first-order valence-corrected chi connectivity index (χ1v) is 11.0. The van der Waals surface area contributed by atoms with E-state index in [4.69, 9.17) is 14.2 Å². The summed E-state index contributed by atoms with van der Waals surface area (Å²) in [5, 5.41) is 0. The largest absolute Gasteiger partial charge is 0.462 e. The minimum atomic E-state index is -0.995. The first kappa shape index (κ1) is 24.6. The highest BCUT2D eigenvalue weighted by Crippen LogP contribution is 2.33. The molecule has 2 rings (SSSR count). The van der Waals surface area contributed by atoms with Crippen molar-refractivity contribution >= 4 is 23.7 Å². The third-order valence-corrected chi connectivity index (χ3v) is 5.32. The van der Waals surface area contributed by atoms with Crippen LogP contribution in [0.25, 0.3) is 0 Å². The monoisotopic (exact) mass is 432 g/mol. The fourth-order valence-corrected chi connectivity index (χ4v) is 3.72. The molecule has 31 heavy (non-hydrogen) atoms. The summed E-state index contributed by atoms with van der Waals surface area (Å²) in [7, 11) is 0. The highest BCUT2D eigenvalue weighted by molar-refractivity contribution is 5.89. The van der Waals surface area contributed by atoms with Gasteiger partial charge in [0.05, 0.1) is 0 Å². The van der Waals surface area contributed by atoms with Gasteiger partial charge in [0.15, 0.2) is 11.9 Å². The summed E-state index contributed by atoms with van der Waals surface area (Å²) >= 11 is 0. The van der Waals surface area contributed by atoms with Crippen molar-refractivity contribution in [3.8, 4) is 0 Å². The molecule has 1 fully saturated rings. The lowest BCUT2D eigenvalue weighted by atomic mass is 9.97. The van der Waals surface area contributed by atoms with Gasteiger partial charge in [0.25, 0.3) is 0 Å². The van der Waals surface area contributed by atoms with Gasteiger partial charge in [-0.3, -0.25) is 19.2 Å². The SMILES string of the molecule is CCCCCCC(=O)OC1C(=O)CC(OC(C)=O)C1CCC(=O)OCc1ccccc1. The van der Waals surface area contributed by atoms with Crippen LogP contribution in [0.1, 0.15) is 70.8 Å². The quantitative estimate of drug-likeness (QED) is 0.281. The number of carbonyl (C=O) groups is 4. The summed E-state index contributed by atoms with van der Waals surface area (Å²) < 4.78 is 16.0. The maximum Gasteiger partial charge on any atom is 0.306 e. The molecule has 3 atom stereocenters. The molecule has 1 saturated carbocycles. The average Bonchev–Trinajstić information content (AvgIpc) is 3.02. The van der Waals surface area contributed by atoms with Crippen LogP contribution in [0.15, 0.2) is 30.3 Å². The number of esters is 3. The van der Waals surface area contributed by atoms with Crippen LogP contribution in [0.5, 0.6) is 0 Å². The third-order valence-electron chi connectivity index (χ3n) is 5.32. The lowest BCUT2D eigenvalue weighted by molar-refractivity contribution is -0.158. The van der Waals surface area contributed by atoms with E-state index in [1.807, 2.05) is 30.3 Å². The summed E-state index contributed by atoms with van der Waals surface area (Å²) in [6, 6.07) is 9.31. The van der Waals surface area contributed by atoms with E-state index in [1.165, 1.54) is 6.92 Å². The molecule has 1 aromatic carbocycles. The van der Waals surface area contributed by atoms with E-state index in [0.717, 1.165) is 24.8 Å². The van der Waals surface area contributed by atoms with Gasteiger partial charge < -0.3 is 14.2 Å². The first-order chi connectivity index (χ1) is 14.9. The average molecular weight is 433 g/mol. The van der Waals surface area contributed by atoms with Crippen LogP contribution in [0.2, 0.25) is 0 Å². The van der Waals surface area contributed by atoms with Gasteiger partial charge in [-0.05, 0) is 18.4 Å². The molecule has 0 aliphatic heterocycles. The Hall–Kier alpha value is -2.70. The normalized spacial score (nSPS) is 20.3. The molecule has 170 valence electrons. The van der Waals surface area contributed by atoms with Gasteiger partial charge in [0, 0.05) is 32.1 Å². The van der Waals surface area contributed by atoms with Gasteiger partial charge in [-0.1, -0.05) is 56.5 Å². The molecule has 7 nitrogen and oxygen atoms in total. The zero-order valence-corrected chi connectivity index (χ0v) is 18.3. The van der Waals surface area contributed by atoms with Gasteiger partial charge in [0.1, 0.15) is 12.7 Å². The third kappa shape index (κ3) is 8.52. The molecule has 0 heterocycles. The molecule has 1 aromatic rings. The van der Waals surface area contributed by atoms with E-state index in [1.54, 1.807) is 0 Å². The molecule has 0 saturated heterocycles. The van der Waals surface area contributed by atoms with Crippen LogP contribution in [0.4, 0.5) is 0 Å². The second-order valence-electron chi connectivity index (χ2n) is 7.89. The maximum atomic E-state index is 12.5. The number of benzene rings is 1. The molecule has 1 aliphatic carbocycles. The summed E-state index contributed by atoms with van der Waals surface area (Å²) in [6.07, 6.45) is 2.52. The van der Waals surface area contributed by atoms with Crippen molar-refractivity contribution in [3.63, 3.8) is 0 Å². The van der Waals surface area contributed by atoms with Gasteiger partial charge >= 0.3 is 17.9 Å². The Morgan fingerprint density at radius 1 is 0.968 bits per heavy atom. The molecule has 0 N–H and O–H groups in total. The number of ether oxygens (including phenoxy) is 3. The van der Waals surface area contributed by atoms with Gasteiger partial charge in [-0.25, -0.2) is 0 Å². The minimum absolute atomic E-state index is 0.0168. The van der Waals surface area contributed by atoms with Crippen LogP contribution in [-0.2, 0) is 40.0 Å². The lowest BCUT2D eigenvalue weighted by Gasteiger charge is -2.23. The Morgan fingerprint density at radius 2 is 1.71 bits per heavy atom. The van der Waals surface area contributed by atoms with E-state index < -0.39 is 36.0 Å². The summed E-state index contributed by atoms with van der Waals surface area (Å²) in [6.45, 7) is 3.51. The number of rotatable bonds is 12. The summed E-state index contributed by atoms with van der Waals surface area (Å²) in [4.78, 5) is 48.3. The summed E-state index contributed by atoms with van der Waals surface area (Å²) in [5.74, 6) is -2.21. The predicted molar refractivity (Wildman–Crippen MR) is 113 cm³/mol. The predicted octanol–water partition coefficient (Wildman–Crippen LogP) is 3.91. The fraction of sp³-hybridized carbons (Fsp3) is 0.583. The van der Waals surface area contributed by atoms with Gasteiger partial charge in [-0.2, -0.15) is 0 Å². The van der Waals surface area contributed by atoms with Crippen molar-refractivity contribution in [1.29, 1.82) is 0 Å². The smallest absolute Gasteiger partial charge is 0.306 e. The molecule has 7 heteroatoms. The van der Waals surface area contributed by atoms with Crippen molar-refractivity contribution in [2.45, 2.75) is 84.0 Å². The molecule has 1 aliphatic rings. The minimum Gasteiger partial charge on any atom is -0.462 e. The Balaban J connectivity index is 1.91. The molecule has 0 radical (unpaired) electrons. The molecule has 0 amide bonds. The number of unbranched alkanes of at least 4 members (excludes halogenated alkanes) is 3. The zero-order chi connectivity index (χ0) is 22.6. The Bertz CT molecular complexity index is 744. The first-order valence-electron chi connectivity index (χ1n) is 11.0. The van der Waals surface area contributed by atoms with Crippen molar-refractivity contribution in [2.24, 2.45) is 5.92 Å². The standard InChI is InChI=1S/C24H32O7/c1-3-4-5-9-12-23(28)31-24-19(21(15-20(24)26)30-17(2)25)13-14-22(27)29-16-18-10-7-6-8-11-18/h6-8,10-11,19,21,24H,3-5,9,12-16H2,1-2H3. The van der Waals surface area contributed by atoms with Crippen LogP contribution in [-0.4, -0.2) is 35.9 Å². The Morgan fingerprint density at radius 3 is 2.39 bits per heavy atom. The lowest BCUT2D eigenvalue weighted by Crippen LogP contribution is -2.33. The van der Waals surface area contributed by atoms with E-state index in [2.05, 4.69) is 6.92 Å². The van der Waals surface area contributed by atoms with Crippen LogP contribution < -0.4 is 0 Å². The van der Waals surface area contributed by atoms with Crippen LogP contribution >= 0.6 is 0 Å². The Labute approximate surface area is 183 Å². The number of hydrogen-bond acceptors (Lipinski definition) is 7. The zero-order valence-electron chi connectivity index (χ0n) is 18.3. The van der Waals surface area contributed by atoms with E-state index in [0.29, 0.717) is 6.42 Å². The van der Waals surface area contributed by atoms with Gasteiger partial charge in [0.2, 0.25) is 0 Å². The van der Waals surface area contributed by atoms with Crippen LogP contribution in [0.3, 0.4) is 0 Å². The number of ketones is 1. The van der Waals surface area contributed by atoms with Crippen LogP contribution in [0, 0.1) is 5.92 Å². The topological polar surface area (TPSA) is 96.0 Å². The second kappa shape index (κ2) is 12.9. The molecular weight excluding hydrogens is 400 g/mol. The number of Topliss-reactive ketones (excluding diaryl/α,β-unsaturated/α-hetero) is 1. The van der Waals surface area contributed by atoms with Gasteiger partial charge in [-0.15, -0.1) is 0 Å². The van der Waals surface area contributed by atoms with E-state index >= 15 is 0 Å². The van der Waals surface area contributed by atoms with Crippen molar-refractivity contribution in [2.75, 3.05) is 0 Å². The number of carbonyl (C=O) groups excluding carboxylic acids is 4. The maximum absolute atomic E-state index is 12.5. The second-order valence-corrected chi connectivity index (χ2v) is 7.89. The molecule has 0 aromatic heterocycles. The molecule has 0 spiro atoms. The fourth-order valence-electron chi connectivity index (χ4n) is 3.72. The summed E-state index contributed by atoms with van der Waals surface area (Å²) in [5.41, 5.74) is 0.875.